The monoisotopic (exact) mass is 406 g/mol. The number of carbonyl (C=O) groups is 2. The first-order valence-electron chi connectivity index (χ1n) is 9.48. The molecule has 0 amide bonds. The van der Waals surface area contributed by atoms with E-state index in [1.807, 2.05) is 18.7 Å². The second kappa shape index (κ2) is 10.0. The molecule has 0 aliphatic carbocycles. The first-order valence-corrected chi connectivity index (χ1v) is 9.48. The van der Waals surface area contributed by atoms with Crippen molar-refractivity contribution in [2.75, 3.05) is 11.9 Å². The van der Waals surface area contributed by atoms with Gasteiger partial charge in [-0.05, 0) is 24.3 Å². The van der Waals surface area contributed by atoms with Crippen LogP contribution in [0, 0.1) is 0 Å². The first-order chi connectivity index (χ1) is 14.5. The SMILES string of the molecule is O=C(O)/C=C/C(=O)O.c1cc2c3c(cccc3c1)C(=NCCCCn1ccnc1)N2. The van der Waals surface area contributed by atoms with E-state index in [1.54, 1.807) is 0 Å². The van der Waals surface area contributed by atoms with Crippen molar-refractivity contribution in [3.05, 3.63) is 72.8 Å². The molecule has 154 valence electrons. The van der Waals surface area contributed by atoms with Crippen molar-refractivity contribution in [1.82, 2.24) is 9.55 Å². The highest BCUT2D eigenvalue weighted by molar-refractivity contribution is 6.25. The molecule has 0 atom stereocenters. The molecule has 8 heteroatoms. The van der Waals surface area contributed by atoms with E-state index in [-0.39, 0.29) is 0 Å². The van der Waals surface area contributed by atoms with Crippen LogP contribution in [0.4, 0.5) is 5.69 Å². The van der Waals surface area contributed by atoms with Crippen LogP contribution in [0.1, 0.15) is 18.4 Å². The predicted molar refractivity (Wildman–Crippen MR) is 115 cm³/mol. The number of rotatable bonds is 7. The van der Waals surface area contributed by atoms with Gasteiger partial charge in [-0.25, -0.2) is 14.6 Å². The fourth-order valence-electron chi connectivity index (χ4n) is 3.12. The Hall–Kier alpha value is -3.94. The maximum atomic E-state index is 9.55. The number of aliphatic imine (C=N–C) groups is 1. The third kappa shape index (κ3) is 5.54. The highest BCUT2D eigenvalue weighted by Crippen LogP contribution is 2.32. The molecule has 0 radical (unpaired) electrons. The lowest BCUT2D eigenvalue weighted by atomic mass is 10.1. The largest absolute Gasteiger partial charge is 0.478 e. The van der Waals surface area contributed by atoms with Crippen molar-refractivity contribution < 1.29 is 19.8 Å². The fourth-order valence-corrected chi connectivity index (χ4v) is 3.12. The minimum absolute atomic E-state index is 0.558. The average Bonchev–Trinajstić information content (AvgIpc) is 3.37. The van der Waals surface area contributed by atoms with Gasteiger partial charge in [-0.15, -0.1) is 0 Å². The zero-order chi connectivity index (χ0) is 21.3. The number of hydrogen-bond acceptors (Lipinski definition) is 4. The summed E-state index contributed by atoms with van der Waals surface area (Å²) in [5, 5.41) is 21.6. The van der Waals surface area contributed by atoms with E-state index in [0.29, 0.717) is 12.2 Å². The number of imidazole rings is 1. The van der Waals surface area contributed by atoms with Gasteiger partial charge >= 0.3 is 11.9 Å². The zero-order valence-electron chi connectivity index (χ0n) is 16.2. The summed E-state index contributed by atoms with van der Waals surface area (Å²) in [7, 11) is 0. The third-order valence-corrected chi connectivity index (χ3v) is 4.43. The minimum atomic E-state index is -1.26. The van der Waals surface area contributed by atoms with Crippen LogP contribution in [0.3, 0.4) is 0 Å². The van der Waals surface area contributed by atoms with Gasteiger partial charge in [-0.2, -0.15) is 0 Å². The van der Waals surface area contributed by atoms with Gasteiger partial charge in [0, 0.05) is 54.3 Å². The Kier molecular flexibility index (Phi) is 6.94. The normalized spacial score (nSPS) is 13.3. The van der Waals surface area contributed by atoms with Crippen molar-refractivity contribution in [2.24, 2.45) is 4.99 Å². The molecule has 1 aliphatic heterocycles. The van der Waals surface area contributed by atoms with E-state index in [2.05, 4.69) is 51.3 Å². The number of carboxylic acid groups (broad SMARTS) is 2. The minimum Gasteiger partial charge on any atom is -0.478 e. The summed E-state index contributed by atoms with van der Waals surface area (Å²) in [5.41, 5.74) is 2.40. The standard InChI is InChI=1S/C18H18N4.C4H4O4/c1(2-11-22-12-10-19-13-22)9-20-18-15-7-3-5-14-6-4-8-16(21-18)17(14)15;5-3(6)1-2-4(7)8/h3-8,10,12-13H,1-2,9,11H2,(H,20,21);1-2H,(H,5,6)(H,7,8)/b;2-1+. The number of aryl methyl sites for hydroxylation is 1. The molecule has 0 bridgehead atoms. The number of hydrogen-bond donors (Lipinski definition) is 3. The highest BCUT2D eigenvalue weighted by Gasteiger charge is 2.18. The van der Waals surface area contributed by atoms with Gasteiger partial charge in [-0.3, -0.25) is 4.99 Å². The van der Waals surface area contributed by atoms with Crippen molar-refractivity contribution in [1.29, 1.82) is 0 Å². The Morgan fingerprint density at radius 3 is 2.47 bits per heavy atom. The maximum Gasteiger partial charge on any atom is 0.328 e. The summed E-state index contributed by atoms with van der Waals surface area (Å²) in [6, 6.07) is 12.8. The van der Waals surface area contributed by atoms with Crippen molar-refractivity contribution in [3.8, 4) is 0 Å². The predicted octanol–water partition coefficient (Wildman–Crippen LogP) is 3.40. The Morgan fingerprint density at radius 1 is 1.07 bits per heavy atom. The molecule has 30 heavy (non-hydrogen) atoms. The smallest absolute Gasteiger partial charge is 0.328 e. The van der Waals surface area contributed by atoms with Gasteiger partial charge < -0.3 is 20.1 Å². The van der Waals surface area contributed by atoms with E-state index in [9.17, 15) is 9.59 Å². The molecule has 8 nitrogen and oxygen atoms in total. The third-order valence-electron chi connectivity index (χ3n) is 4.43. The second-order valence-corrected chi connectivity index (χ2v) is 6.58. The number of aromatic nitrogens is 2. The molecule has 0 spiro atoms. The second-order valence-electron chi connectivity index (χ2n) is 6.58. The number of carboxylic acids is 2. The van der Waals surface area contributed by atoms with Crippen LogP contribution in [0.2, 0.25) is 0 Å². The number of unbranched alkanes of at least 4 members (excludes halogenated alkanes) is 1. The molecule has 2 aromatic carbocycles. The first kappa shape index (κ1) is 20.8. The molecule has 0 saturated heterocycles. The Bertz CT molecular complexity index is 1070. The molecule has 2 heterocycles. The maximum absolute atomic E-state index is 9.55. The van der Waals surface area contributed by atoms with Crippen LogP contribution in [0.25, 0.3) is 10.8 Å². The Labute approximate surface area is 173 Å². The molecular weight excluding hydrogens is 384 g/mol. The van der Waals surface area contributed by atoms with Crippen LogP contribution in [-0.2, 0) is 16.1 Å². The molecule has 3 aromatic rings. The summed E-state index contributed by atoms with van der Waals surface area (Å²) in [6.07, 6.45) is 8.99. The van der Waals surface area contributed by atoms with Crippen molar-refractivity contribution in [3.63, 3.8) is 0 Å². The molecular formula is C22H22N4O4. The van der Waals surface area contributed by atoms with E-state index in [0.717, 1.165) is 31.8 Å². The quantitative estimate of drug-likeness (QED) is 0.409. The Balaban J connectivity index is 0.000000275. The van der Waals surface area contributed by atoms with Gasteiger partial charge in [0.2, 0.25) is 0 Å². The van der Waals surface area contributed by atoms with Crippen LogP contribution in [-0.4, -0.2) is 44.1 Å². The lowest BCUT2D eigenvalue weighted by Gasteiger charge is -2.02. The van der Waals surface area contributed by atoms with E-state index < -0.39 is 11.9 Å². The van der Waals surface area contributed by atoms with Crippen LogP contribution >= 0.6 is 0 Å². The van der Waals surface area contributed by atoms with Gasteiger partial charge in [0.1, 0.15) is 5.84 Å². The van der Waals surface area contributed by atoms with Crippen LogP contribution in [0.15, 0.2) is 72.3 Å². The van der Waals surface area contributed by atoms with Crippen LogP contribution < -0.4 is 5.32 Å². The Morgan fingerprint density at radius 2 is 1.80 bits per heavy atom. The summed E-state index contributed by atoms with van der Waals surface area (Å²) in [4.78, 5) is 27.9. The molecule has 3 N–H and O–H groups in total. The zero-order valence-corrected chi connectivity index (χ0v) is 16.2. The van der Waals surface area contributed by atoms with Gasteiger partial charge in [-0.1, -0.05) is 30.3 Å². The molecule has 0 saturated carbocycles. The summed E-state index contributed by atoms with van der Waals surface area (Å²) in [5.74, 6) is -1.51. The molecule has 0 unspecified atom stereocenters. The summed E-state index contributed by atoms with van der Waals surface area (Å²) >= 11 is 0. The molecule has 1 aliphatic rings. The number of benzene rings is 2. The average molecular weight is 406 g/mol. The topological polar surface area (TPSA) is 117 Å². The van der Waals surface area contributed by atoms with Gasteiger partial charge in [0.25, 0.3) is 0 Å². The van der Waals surface area contributed by atoms with E-state index >= 15 is 0 Å². The number of aliphatic carboxylic acids is 2. The lowest BCUT2D eigenvalue weighted by Crippen LogP contribution is -2.08. The lowest BCUT2D eigenvalue weighted by molar-refractivity contribution is -0.134. The van der Waals surface area contributed by atoms with E-state index in [1.165, 1.54) is 22.0 Å². The number of nitrogens with zero attached hydrogens (tertiary/aromatic N) is 3. The summed E-state index contributed by atoms with van der Waals surface area (Å²) < 4.78 is 2.11. The molecule has 4 rings (SSSR count). The summed E-state index contributed by atoms with van der Waals surface area (Å²) in [6.45, 7) is 1.86. The van der Waals surface area contributed by atoms with Crippen molar-refractivity contribution >= 4 is 34.2 Å². The highest BCUT2D eigenvalue weighted by atomic mass is 16.4. The van der Waals surface area contributed by atoms with Gasteiger partial charge in [0.15, 0.2) is 0 Å². The fraction of sp³-hybridized carbons (Fsp3) is 0.182. The van der Waals surface area contributed by atoms with Crippen molar-refractivity contribution in [2.45, 2.75) is 19.4 Å². The number of anilines is 1. The molecule has 1 aromatic heterocycles. The number of nitrogens with one attached hydrogen (secondary N) is 1. The van der Waals surface area contributed by atoms with E-state index in [4.69, 9.17) is 15.2 Å². The van der Waals surface area contributed by atoms with Gasteiger partial charge in [0.05, 0.1) is 6.33 Å². The van der Waals surface area contributed by atoms with Crippen LogP contribution in [0.5, 0.6) is 0 Å². The molecule has 0 fully saturated rings. The number of amidine groups is 1.